The molecule has 0 saturated carbocycles. The molecular weight excluding hydrogens is 272 g/mol. The van der Waals surface area contributed by atoms with Crippen molar-refractivity contribution in [3.8, 4) is 0 Å². The van der Waals surface area contributed by atoms with Crippen molar-refractivity contribution in [3.63, 3.8) is 0 Å². The normalized spacial score (nSPS) is 20.9. The predicted octanol–water partition coefficient (Wildman–Crippen LogP) is 4.61. The maximum absolute atomic E-state index is 6.24. The lowest BCUT2D eigenvalue weighted by atomic mass is 10.2. The van der Waals surface area contributed by atoms with Gasteiger partial charge in [0.25, 0.3) is 0 Å². The van der Waals surface area contributed by atoms with Gasteiger partial charge in [-0.1, -0.05) is 18.0 Å². The number of hydrogen-bond donors (Lipinski definition) is 0. The molecule has 1 unspecified atom stereocenters. The smallest absolute Gasteiger partial charge is 0.144 e. The summed E-state index contributed by atoms with van der Waals surface area (Å²) in [5, 5.41) is 2.05. The average molecular weight is 285 g/mol. The Hall–Kier alpha value is -0.320. The average Bonchev–Trinajstić information content (AvgIpc) is 2.71. The molecule has 5 heteroatoms. The molecule has 1 atom stereocenters. The molecule has 0 amide bonds. The quantitative estimate of drug-likeness (QED) is 0.715. The van der Waals surface area contributed by atoms with E-state index in [1.165, 1.54) is 29.9 Å². The third kappa shape index (κ3) is 2.30. The summed E-state index contributed by atoms with van der Waals surface area (Å²) in [4.78, 5) is 11.4. The van der Waals surface area contributed by atoms with E-state index in [1.807, 2.05) is 11.8 Å². The molecule has 2 aromatic heterocycles. The number of rotatable bonds is 1. The molecule has 0 bridgehead atoms. The van der Waals surface area contributed by atoms with Gasteiger partial charge in [-0.25, -0.2) is 9.97 Å². The zero-order valence-electron chi connectivity index (χ0n) is 9.57. The predicted molar refractivity (Wildman–Crippen MR) is 76.2 cm³/mol. The molecule has 1 saturated heterocycles. The summed E-state index contributed by atoms with van der Waals surface area (Å²) < 4.78 is 0. The lowest BCUT2D eigenvalue weighted by Gasteiger charge is -2.19. The van der Waals surface area contributed by atoms with Crippen molar-refractivity contribution in [2.45, 2.75) is 31.4 Å². The highest BCUT2D eigenvalue weighted by Crippen LogP contribution is 2.38. The monoisotopic (exact) mass is 284 g/mol. The summed E-state index contributed by atoms with van der Waals surface area (Å²) in [6.45, 7) is 2.08. The molecule has 2 aromatic rings. The molecule has 0 aliphatic carbocycles. The minimum absolute atomic E-state index is 0.438. The molecule has 1 aliphatic rings. The molecule has 1 aliphatic heterocycles. The molecule has 3 rings (SSSR count). The van der Waals surface area contributed by atoms with Gasteiger partial charge in [0.2, 0.25) is 0 Å². The van der Waals surface area contributed by atoms with Crippen LogP contribution in [0.5, 0.6) is 0 Å². The molecule has 3 heterocycles. The van der Waals surface area contributed by atoms with E-state index < -0.39 is 0 Å². The summed E-state index contributed by atoms with van der Waals surface area (Å²) in [6, 6.07) is 2.07. The largest absolute Gasteiger partial charge is 0.221 e. The Morgan fingerprint density at radius 1 is 1.35 bits per heavy atom. The number of thiophene rings is 1. The lowest BCUT2D eigenvalue weighted by Crippen LogP contribution is -2.06. The van der Waals surface area contributed by atoms with Crippen LogP contribution in [0.25, 0.3) is 10.2 Å². The number of nitrogens with zero attached hydrogens (tertiary/aromatic N) is 2. The standard InChI is InChI=1S/C12H13ClN2S2/c1-7-6-8-10(13)14-11(15-12(8)17-7)9-4-2-3-5-16-9/h6,9H,2-5H2,1H3. The van der Waals surface area contributed by atoms with E-state index in [2.05, 4.69) is 23.0 Å². The zero-order valence-corrected chi connectivity index (χ0v) is 12.0. The molecule has 0 aromatic carbocycles. The van der Waals surface area contributed by atoms with Crippen molar-refractivity contribution in [1.29, 1.82) is 0 Å². The van der Waals surface area contributed by atoms with Crippen molar-refractivity contribution in [3.05, 3.63) is 21.9 Å². The van der Waals surface area contributed by atoms with Gasteiger partial charge in [0.1, 0.15) is 15.8 Å². The summed E-state index contributed by atoms with van der Waals surface area (Å²) >= 11 is 9.90. The minimum Gasteiger partial charge on any atom is -0.221 e. The molecule has 1 fully saturated rings. The number of halogens is 1. The fraction of sp³-hybridized carbons (Fsp3) is 0.500. The summed E-state index contributed by atoms with van der Waals surface area (Å²) in [5.41, 5.74) is 0. The molecule has 2 nitrogen and oxygen atoms in total. The number of fused-ring (bicyclic) bond motifs is 1. The van der Waals surface area contributed by atoms with Crippen LogP contribution < -0.4 is 0 Å². The van der Waals surface area contributed by atoms with Crippen molar-refractivity contribution in [2.24, 2.45) is 0 Å². The van der Waals surface area contributed by atoms with Crippen molar-refractivity contribution < 1.29 is 0 Å². The van der Waals surface area contributed by atoms with Crippen LogP contribution in [-0.2, 0) is 0 Å². The van der Waals surface area contributed by atoms with E-state index >= 15 is 0 Å². The maximum atomic E-state index is 6.24. The topological polar surface area (TPSA) is 25.8 Å². The van der Waals surface area contributed by atoms with Crippen LogP contribution in [0.2, 0.25) is 5.15 Å². The molecular formula is C12H13ClN2S2. The molecule has 0 N–H and O–H groups in total. The van der Waals surface area contributed by atoms with Crippen molar-refractivity contribution in [1.82, 2.24) is 9.97 Å². The Kier molecular flexibility index (Phi) is 3.28. The first-order chi connectivity index (χ1) is 8.24. The van der Waals surface area contributed by atoms with Gasteiger partial charge in [0.05, 0.1) is 5.25 Å². The van der Waals surface area contributed by atoms with Gasteiger partial charge < -0.3 is 0 Å². The molecule has 17 heavy (non-hydrogen) atoms. The third-order valence-electron chi connectivity index (χ3n) is 2.95. The van der Waals surface area contributed by atoms with E-state index in [-0.39, 0.29) is 0 Å². The molecule has 90 valence electrons. The Bertz CT molecular complexity index is 547. The second-order valence-electron chi connectivity index (χ2n) is 4.30. The van der Waals surface area contributed by atoms with Crippen molar-refractivity contribution in [2.75, 3.05) is 5.75 Å². The Morgan fingerprint density at radius 3 is 3.00 bits per heavy atom. The summed E-state index contributed by atoms with van der Waals surface area (Å²) in [6.07, 6.45) is 3.77. The van der Waals surface area contributed by atoms with Gasteiger partial charge in [-0.3, -0.25) is 0 Å². The van der Waals surface area contributed by atoms with Gasteiger partial charge >= 0.3 is 0 Å². The van der Waals surface area contributed by atoms with Gasteiger partial charge in [-0.15, -0.1) is 11.3 Å². The second-order valence-corrected chi connectivity index (χ2v) is 7.21. The molecule has 0 radical (unpaired) electrons. The van der Waals surface area contributed by atoms with Gasteiger partial charge in [0.15, 0.2) is 0 Å². The SMILES string of the molecule is Cc1cc2c(Cl)nc(C3CCCCS3)nc2s1. The van der Waals surface area contributed by atoms with Crippen LogP contribution >= 0.6 is 34.7 Å². The number of thioether (sulfide) groups is 1. The summed E-state index contributed by atoms with van der Waals surface area (Å²) in [7, 11) is 0. The maximum Gasteiger partial charge on any atom is 0.144 e. The van der Waals surface area contributed by atoms with Crippen LogP contribution in [0.1, 0.15) is 35.2 Å². The van der Waals surface area contributed by atoms with E-state index in [0.717, 1.165) is 16.0 Å². The first-order valence-electron chi connectivity index (χ1n) is 5.79. The minimum atomic E-state index is 0.438. The van der Waals surface area contributed by atoms with Gasteiger partial charge in [-0.2, -0.15) is 11.8 Å². The first-order valence-corrected chi connectivity index (χ1v) is 8.03. The molecule has 0 spiro atoms. The van der Waals surface area contributed by atoms with Gasteiger partial charge in [-0.05, 0) is 31.6 Å². The van der Waals surface area contributed by atoms with Crippen LogP contribution in [0.4, 0.5) is 0 Å². The highest BCUT2D eigenvalue weighted by molar-refractivity contribution is 7.99. The number of aryl methyl sites for hydroxylation is 1. The van der Waals surface area contributed by atoms with Crippen LogP contribution in [0.3, 0.4) is 0 Å². The first kappa shape index (κ1) is 11.8. The van der Waals surface area contributed by atoms with Crippen molar-refractivity contribution >= 4 is 44.9 Å². The number of aromatic nitrogens is 2. The lowest BCUT2D eigenvalue weighted by molar-refractivity contribution is 0.664. The Balaban J connectivity index is 2.04. The highest BCUT2D eigenvalue weighted by atomic mass is 35.5. The fourth-order valence-corrected chi connectivity index (χ4v) is 4.53. The van der Waals surface area contributed by atoms with E-state index in [0.29, 0.717) is 10.4 Å². The highest BCUT2D eigenvalue weighted by Gasteiger charge is 2.20. The summed E-state index contributed by atoms with van der Waals surface area (Å²) in [5.74, 6) is 2.14. The zero-order chi connectivity index (χ0) is 11.8. The van der Waals surface area contributed by atoms with Crippen LogP contribution in [-0.4, -0.2) is 15.7 Å². The Labute approximate surface area is 114 Å². The number of hydrogen-bond acceptors (Lipinski definition) is 4. The van der Waals surface area contributed by atoms with Crippen LogP contribution in [0.15, 0.2) is 6.07 Å². The Morgan fingerprint density at radius 2 is 2.24 bits per heavy atom. The fourth-order valence-electron chi connectivity index (χ4n) is 2.11. The third-order valence-corrected chi connectivity index (χ3v) is 5.56. The van der Waals surface area contributed by atoms with E-state index in [4.69, 9.17) is 11.6 Å². The van der Waals surface area contributed by atoms with E-state index in [9.17, 15) is 0 Å². The van der Waals surface area contributed by atoms with Gasteiger partial charge in [0, 0.05) is 10.3 Å². The van der Waals surface area contributed by atoms with Crippen LogP contribution in [0, 0.1) is 6.92 Å². The van der Waals surface area contributed by atoms with E-state index in [1.54, 1.807) is 11.3 Å². The second kappa shape index (κ2) is 4.75.